The summed E-state index contributed by atoms with van der Waals surface area (Å²) in [5, 5.41) is 0. The van der Waals surface area contributed by atoms with Crippen molar-refractivity contribution in [2.24, 2.45) is 0 Å². The fraction of sp³-hybridized carbons (Fsp3) is 0.591. The Balaban J connectivity index is 1.27. The minimum Gasteiger partial charge on any atom is -0.372 e. The highest BCUT2D eigenvalue weighted by Gasteiger charge is 2.21. The summed E-state index contributed by atoms with van der Waals surface area (Å²) in [6.07, 6.45) is 16.9. The molecule has 1 saturated carbocycles. The lowest BCUT2D eigenvalue weighted by Crippen LogP contribution is -2.39. The van der Waals surface area contributed by atoms with Crippen molar-refractivity contribution in [2.75, 3.05) is 13.1 Å². The summed E-state index contributed by atoms with van der Waals surface area (Å²) >= 11 is 0. The number of aromatic nitrogens is 3. The van der Waals surface area contributed by atoms with Gasteiger partial charge in [0.05, 0.1) is 12.7 Å². The molecule has 1 unspecified atom stereocenters. The number of rotatable bonds is 6. The van der Waals surface area contributed by atoms with Gasteiger partial charge in [-0.1, -0.05) is 25.3 Å². The third kappa shape index (κ3) is 5.33. The van der Waals surface area contributed by atoms with Gasteiger partial charge in [-0.15, -0.1) is 0 Å². The van der Waals surface area contributed by atoms with Crippen molar-refractivity contribution in [1.82, 2.24) is 19.9 Å². The molecule has 0 bridgehead atoms. The van der Waals surface area contributed by atoms with E-state index in [1.807, 2.05) is 24.7 Å². The van der Waals surface area contributed by atoms with Gasteiger partial charge in [-0.2, -0.15) is 0 Å². The van der Waals surface area contributed by atoms with Crippen molar-refractivity contribution in [1.29, 1.82) is 0 Å². The van der Waals surface area contributed by atoms with Crippen molar-refractivity contribution < 1.29 is 4.74 Å². The maximum absolute atomic E-state index is 6.12. The zero-order valence-corrected chi connectivity index (χ0v) is 16.1. The Bertz CT molecular complexity index is 685. The summed E-state index contributed by atoms with van der Waals surface area (Å²) in [5.74, 6) is 1.63. The SMILES string of the molecule is c1cncc(COC2CCCN(Cc3cnc(C4CCCCC4)nc3)C2)c1. The van der Waals surface area contributed by atoms with Gasteiger partial charge in [-0.3, -0.25) is 9.88 Å². The zero-order chi connectivity index (χ0) is 18.3. The zero-order valence-electron chi connectivity index (χ0n) is 16.1. The van der Waals surface area contributed by atoms with Crippen LogP contribution in [0, 0.1) is 0 Å². The van der Waals surface area contributed by atoms with E-state index in [0.717, 1.165) is 37.4 Å². The average molecular weight is 367 g/mol. The van der Waals surface area contributed by atoms with E-state index in [9.17, 15) is 0 Å². The van der Waals surface area contributed by atoms with Gasteiger partial charge in [0.15, 0.2) is 0 Å². The largest absolute Gasteiger partial charge is 0.372 e. The van der Waals surface area contributed by atoms with Crippen LogP contribution in [0.2, 0.25) is 0 Å². The number of piperidine rings is 1. The second kappa shape index (κ2) is 9.38. The Hall–Kier alpha value is -1.85. The summed E-state index contributed by atoms with van der Waals surface area (Å²) in [7, 11) is 0. The first-order valence-corrected chi connectivity index (χ1v) is 10.4. The van der Waals surface area contributed by atoms with E-state index < -0.39 is 0 Å². The van der Waals surface area contributed by atoms with Gasteiger partial charge in [0.25, 0.3) is 0 Å². The maximum atomic E-state index is 6.12. The Kier molecular flexibility index (Phi) is 6.43. The molecule has 1 saturated heterocycles. The fourth-order valence-electron chi connectivity index (χ4n) is 4.27. The van der Waals surface area contributed by atoms with E-state index in [-0.39, 0.29) is 0 Å². The van der Waals surface area contributed by atoms with E-state index in [2.05, 4.69) is 25.9 Å². The molecule has 4 rings (SSSR count). The molecule has 1 aliphatic heterocycles. The van der Waals surface area contributed by atoms with Gasteiger partial charge >= 0.3 is 0 Å². The molecule has 2 aromatic heterocycles. The lowest BCUT2D eigenvalue weighted by molar-refractivity contribution is -0.0122. The van der Waals surface area contributed by atoms with Crippen molar-refractivity contribution in [3.8, 4) is 0 Å². The number of ether oxygens (including phenoxy) is 1. The Morgan fingerprint density at radius 2 is 1.81 bits per heavy atom. The standard InChI is InChI=1S/C22H30N4O/c1-2-7-20(8-3-1)22-24-13-19(14-25-22)15-26-11-5-9-21(16-26)27-17-18-6-4-10-23-12-18/h4,6,10,12-14,20-21H,1-3,5,7-9,11,15-17H2. The van der Waals surface area contributed by atoms with Crippen molar-refractivity contribution in [3.05, 3.63) is 53.9 Å². The highest BCUT2D eigenvalue weighted by atomic mass is 16.5. The Labute approximate surface area is 162 Å². The van der Waals surface area contributed by atoms with Gasteiger partial charge in [0.1, 0.15) is 5.82 Å². The molecule has 0 amide bonds. The molecule has 0 spiro atoms. The molecular weight excluding hydrogens is 336 g/mol. The molecular formula is C22H30N4O. The van der Waals surface area contributed by atoms with Gasteiger partial charge in [0, 0.05) is 49.4 Å². The Morgan fingerprint density at radius 1 is 0.963 bits per heavy atom. The van der Waals surface area contributed by atoms with Gasteiger partial charge < -0.3 is 4.74 Å². The number of pyridine rings is 1. The third-order valence-electron chi connectivity index (χ3n) is 5.77. The van der Waals surface area contributed by atoms with E-state index in [4.69, 9.17) is 4.74 Å². The van der Waals surface area contributed by atoms with Crippen LogP contribution < -0.4 is 0 Å². The molecule has 144 valence electrons. The van der Waals surface area contributed by atoms with Crippen LogP contribution in [0.15, 0.2) is 36.9 Å². The molecule has 3 heterocycles. The van der Waals surface area contributed by atoms with Crippen LogP contribution in [-0.2, 0) is 17.9 Å². The fourth-order valence-corrected chi connectivity index (χ4v) is 4.27. The first-order chi connectivity index (χ1) is 13.4. The lowest BCUT2D eigenvalue weighted by atomic mass is 9.89. The highest BCUT2D eigenvalue weighted by molar-refractivity contribution is 5.09. The summed E-state index contributed by atoms with van der Waals surface area (Å²) in [6, 6.07) is 4.03. The van der Waals surface area contributed by atoms with E-state index in [1.165, 1.54) is 44.1 Å². The molecule has 2 fully saturated rings. The first kappa shape index (κ1) is 18.5. The maximum Gasteiger partial charge on any atom is 0.131 e. The van der Waals surface area contributed by atoms with Crippen LogP contribution in [0.1, 0.15) is 67.8 Å². The van der Waals surface area contributed by atoms with E-state index in [1.54, 1.807) is 6.20 Å². The molecule has 1 aliphatic carbocycles. The quantitative estimate of drug-likeness (QED) is 0.770. The van der Waals surface area contributed by atoms with Crippen molar-refractivity contribution in [2.45, 2.75) is 70.1 Å². The van der Waals surface area contributed by atoms with E-state index >= 15 is 0 Å². The lowest BCUT2D eigenvalue weighted by Gasteiger charge is -2.32. The molecule has 0 N–H and O–H groups in total. The normalized spacial score (nSPS) is 22.0. The number of nitrogens with zero attached hydrogens (tertiary/aromatic N) is 4. The van der Waals surface area contributed by atoms with Crippen LogP contribution in [0.5, 0.6) is 0 Å². The molecule has 2 aromatic rings. The van der Waals surface area contributed by atoms with Crippen molar-refractivity contribution in [3.63, 3.8) is 0 Å². The number of hydrogen-bond acceptors (Lipinski definition) is 5. The average Bonchev–Trinajstić information content (AvgIpc) is 2.75. The summed E-state index contributed by atoms with van der Waals surface area (Å²) in [5.41, 5.74) is 2.35. The van der Waals surface area contributed by atoms with Crippen LogP contribution in [-0.4, -0.2) is 39.0 Å². The predicted molar refractivity (Wildman–Crippen MR) is 105 cm³/mol. The van der Waals surface area contributed by atoms with Gasteiger partial charge in [0.2, 0.25) is 0 Å². The highest BCUT2D eigenvalue weighted by Crippen LogP contribution is 2.30. The molecule has 0 aromatic carbocycles. The molecule has 27 heavy (non-hydrogen) atoms. The van der Waals surface area contributed by atoms with E-state index in [0.29, 0.717) is 18.6 Å². The molecule has 5 nitrogen and oxygen atoms in total. The minimum absolute atomic E-state index is 0.293. The van der Waals surface area contributed by atoms with Crippen LogP contribution >= 0.6 is 0 Å². The van der Waals surface area contributed by atoms with Gasteiger partial charge in [-0.25, -0.2) is 9.97 Å². The van der Waals surface area contributed by atoms with Crippen LogP contribution in [0.3, 0.4) is 0 Å². The first-order valence-electron chi connectivity index (χ1n) is 10.4. The summed E-state index contributed by atoms with van der Waals surface area (Å²) in [4.78, 5) is 16.0. The number of hydrogen-bond donors (Lipinski definition) is 0. The smallest absolute Gasteiger partial charge is 0.131 e. The van der Waals surface area contributed by atoms with Crippen molar-refractivity contribution >= 4 is 0 Å². The number of likely N-dealkylation sites (tertiary alicyclic amines) is 1. The summed E-state index contributed by atoms with van der Waals surface area (Å²) in [6.45, 7) is 3.66. The van der Waals surface area contributed by atoms with Gasteiger partial charge in [-0.05, 0) is 43.9 Å². The third-order valence-corrected chi connectivity index (χ3v) is 5.77. The van der Waals surface area contributed by atoms with Crippen LogP contribution in [0.4, 0.5) is 0 Å². The molecule has 1 atom stereocenters. The second-order valence-electron chi connectivity index (χ2n) is 7.96. The molecule has 5 heteroatoms. The second-order valence-corrected chi connectivity index (χ2v) is 7.96. The topological polar surface area (TPSA) is 51.1 Å². The Morgan fingerprint density at radius 3 is 2.59 bits per heavy atom. The van der Waals surface area contributed by atoms with Crippen LogP contribution in [0.25, 0.3) is 0 Å². The molecule has 2 aliphatic rings. The summed E-state index contributed by atoms with van der Waals surface area (Å²) < 4.78 is 6.12. The predicted octanol–water partition coefficient (Wildman–Crippen LogP) is 4.10. The monoisotopic (exact) mass is 366 g/mol. The molecule has 0 radical (unpaired) electrons. The minimum atomic E-state index is 0.293.